The maximum atomic E-state index is 13.5. The van der Waals surface area contributed by atoms with Crippen LogP contribution in [-0.4, -0.2) is 69.4 Å². The predicted molar refractivity (Wildman–Crippen MR) is 330 cm³/mol. The van der Waals surface area contributed by atoms with Crippen molar-refractivity contribution < 1.29 is 37.3 Å². The molecule has 0 aromatic carbocycles. The van der Waals surface area contributed by atoms with Gasteiger partial charge in [0.25, 0.3) is 7.82 Å². The molecule has 10 heteroatoms. The summed E-state index contributed by atoms with van der Waals surface area (Å²) >= 11 is 0. The van der Waals surface area contributed by atoms with Crippen LogP contribution in [0.25, 0.3) is 0 Å². The Kier molecular flexibility index (Phi) is 54.0. The first-order valence-corrected chi connectivity index (χ1v) is 33.0. The van der Waals surface area contributed by atoms with Crippen molar-refractivity contribution >= 4 is 19.7 Å². The van der Waals surface area contributed by atoms with Gasteiger partial charge < -0.3 is 28.5 Å². The van der Waals surface area contributed by atoms with E-state index in [1.807, 2.05) is 33.3 Å². The molecule has 0 aliphatic carbocycles. The number of carbonyl (C=O) groups excluding carboxylic acids is 2. The van der Waals surface area contributed by atoms with Gasteiger partial charge in [-0.15, -0.1) is 0 Å². The van der Waals surface area contributed by atoms with Crippen LogP contribution < -0.4 is 10.2 Å². The van der Waals surface area contributed by atoms with E-state index in [0.717, 1.165) is 96.3 Å². The maximum absolute atomic E-state index is 13.5. The predicted octanol–water partition coefficient (Wildman–Crippen LogP) is 18.9. The first kappa shape index (κ1) is 73.9. The largest absolute Gasteiger partial charge is 0.756 e. The average Bonchev–Trinajstić information content (AvgIpc) is 3.39. The number of esters is 1. The van der Waals surface area contributed by atoms with E-state index < -0.39 is 26.6 Å². The number of phosphoric acid groups is 1. The molecule has 0 spiro atoms. The second-order valence-electron chi connectivity index (χ2n) is 22.2. The summed E-state index contributed by atoms with van der Waals surface area (Å²) in [6.45, 7) is 6.68. The van der Waals surface area contributed by atoms with Crippen LogP contribution in [0.3, 0.4) is 0 Å². The second kappa shape index (κ2) is 56.2. The van der Waals surface area contributed by atoms with Gasteiger partial charge in [-0.1, -0.05) is 240 Å². The number of hydrogen-bond donors (Lipinski definition) is 1. The van der Waals surface area contributed by atoms with Crippen LogP contribution in [0, 0.1) is 0 Å². The van der Waals surface area contributed by atoms with E-state index in [9.17, 15) is 19.0 Å². The Bertz CT molecular complexity index is 1640. The maximum Gasteiger partial charge on any atom is 0.306 e. The van der Waals surface area contributed by atoms with Gasteiger partial charge in [0.1, 0.15) is 19.3 Å². The van der Waals surface area contributed by atoms with Gasteiger partial charge in [-0.05, 0) is 109 Å². The molecule has 0 heterocycles. The van der Waals surface area contributed by atoms with Gasteiger partial charge in [0.15, 0.2) is 0 Å². The Labute approximate surface area is 475 Å². The fourth-order valence-electron chi connectivity index (χ4n) is 8.64. The van der Waals surface area contributed by atoms with Crippen LogP contribution in [0.15, 0.2) is 97.2 Å². The molecule has 3 atom stereocenters. The third-order valence-corrected chi connectivity index (χ3v) is 14.5. The van der Waals surface area contributed by atoms with Gasteiger partial charge in [0.05, 0.1) is 33.8 Å². The van der Waals surface area contributed by atoms with E-state index in [4.69, 9.17) is 13.8 Å². The van der Waals surface area contributed by atoms with Gasteiger partial charge in [0, 0.05) is 12.8 Å². The van der Waals surface area contributed by atoms with Crippen LogP contribution in [0.1, 0.15) is 265 Å². The molecular weight excluding hydrogens is 976 g/mol. The molecule has 0 saturated heterocycles. The van der Waals surface area contributed by atoms with Gasteiger partial charge >= 0.3 is 5.97 Å². The molecular formula is C67H119N2O7P. The zero-order valence-electron chi connectivity index (χ0n) is 50.6. The van der Waals surface area contributed by atoms with Crippen molar-refractivity contribution in [2.75, 3.05) is 40.9 Å². The first-order chi connectivity index (χ1) is 37.4. The fraction of sp³-hybridized carbons (Fsp3) is 0.731. The van der Waals surface area contributed by atoms with E-state index >= 15 is 0 Å². The second-order valence-corrected chi connectivity index (χ2v) is 23.6. The number of allylic oxidation sites excluding steroid dienone is 15. The van der Waals surface area contributed by atoms with E-state index in [0.29, 0.717) is 17.4 Å². The van der Waals surface area contributed by atoms with Gasteiger partial charge in [-0.3, -0.25) is 14.2 Å². The van der Waals surface area contributed by atoms with Gasteiger partial charge in [-0.25, -0.2) is 0 Å². The van der Waals surface area contributed by atoms with Crippen LogP contribution >= 0.6 is 7.82 Å². The number of unbranched alkanes of at least 4 members (excludes halogenated alkanes) is 26. The Morgan fingerprint density at radius 2 is 0.831 bits per heavy atom. The number of rotatable bonds is 56. The summed E-state index contributed by atoms with van der Waals surface area (Å²) in [5.41, 5.74) is 0. The van der Waals surface area contributed by atoms with Gasteiger partial charge in [-0.2, -0.15) is 0 Å². The average molecular weight is 1100 g/mol. The van der Waals surface area contributed by atoms with E-state index in [2.05, 4.69) is 111 Å². The number of phosphoric ester groups is 1. The number of amides is 1. The molecule has 0 bridgehead atoms. The van der Waals surface area contributed by atoms with Crippen molar-refractivity contribution in [2.45, 2.75) is 277 Å². The molecule has 0 radical (unpaired) electrons. The summed E-state index contributed by atoms with van der Waals surface area (Å²) in [6, 6.07) is -0.917. The summed E-state index contributed by atoms with van der Waals surface area (Å²) in [5.74, 6) is -0.596. The number of likely N-dealkylation sites (N-methyl/N-ethyl adjacent to an activating group) is 1. The molecule has 1 N–H and O–H groups in total. The highest BCUT2D eigenvalue weighted by Crippen LogP contribution is 2.38. The standard InChI is InChI=1S/C67H119N2O7P/c1-7-10-13-16-19-22-25-27-29-31-33-34-36-37-39-41-44-47-50-53-56-59-66(70)68-64(63-75-77(72,73)74-62-61-69(4,5)6)65(58-55-52-49-46-43-24-21-18-15-12-9-3)76-67(71)60-57-54-51-48-45-42-40-38-35-32-30-28-26-23-20-17-14-11-8-2/h10,13,19,22,27-30,33-34,37,39,44,47,55,58,64-65H,7-9,11-12,14-18,20-21,23-26,31-32,35-36,38,40-43,45-46,48-54,56-57,59-63H2,1-6H3,(H-,68,70,72,73)/b13-10-,22-19-,29-27-,30-28+,34-33-,39-37-,47-44-,58-55+. The zero-order chi connectivity index (χ0) is 56.4. The highest BCUT2D eigenvalue weighted by atomic mass is 31.2. The number of nitrogens with one attached hydrogen (secondary N) is 1. The highest BCUT2D eigenvalue weighted by molar-refractivity contribution is 7.45. The number of ether oxygens (including phenoxy) is 1. The van der Waals surface area contributed by atoms with E-state index in [1.54, 1.807) is 0 Å². The van der Waals surface area contributed by atoms with Crippen LogP contribution in [0.5, 0.6) is 0 Å². The van der Waals surface area contributed by atoms with Crippen molar-refractivity contribution in [3.8, 4) is 0 Å². The normalized spacial score (nSPS) is 14.3. The van der Waals surface area contributed by atoms with Crippen molar-refractivity contribution in [1.29, 1.82) is 0 Å². The summed E-state index contributed by atoms with van der Waals surface area (Å²) < 4.78 is 30.3. The SMILES string of the molecule is CC/C=C\C/C=C\C/C=C\C/C=C\C/C=C\C/C=C\CCCCC(=O)NC(COP(=O)([O-])OCC[N+](C)(C)C)C(/C=C/CCCCCCCCCCC)OC(=O)CCCCCCCCCCC/C=C/CCCCCCCC. The Balaban J connectivity index is 5.29. The monoisotopic (exact) mass is 1090 g/mol. The quantitative estimate of drug-likeness (QED) is 0.0212. The summed E-state index contributed by atoms with van der Waals surface area (Å²) in [6.07, 6.45) is 75.2. The van der Waals surface area contributed by atoms with Crippen molar-refractivity contribution in [3.05, 3.63) is 97.2 Å². The zero-order valence-corrected chi connectivity index (χ0v) is 51.5. The first-order valence-electron chi connectivity index (χ1n) is 31.5. The molecule has 9 nitrogen and oxygen atoms in total. The lowest BCUT2D eigenvalue weighted by Gasteiger charge is -2.30. The molecule has 0 aromatic rings. The molecule has 0 saturated carbocycles. The third kappa shape index (κ3) is 57.4. The molecule has 0 fully saturated rings. The Hall–Kier alpha value is -3.07. The third-order valence-electron chi connectivity index (χ3n) is 13.5. The minimum Gasteiger partial charge on any atom is -0.756 e. The van der Waals surface area contributed by atoms with Crippen LogP contribution in [-0.2, 0) is 27.9 Å². The minimum atomic E-state index is -4.72. The Morgan fingerprint density at radius 3 is 1.27 bits per heavy atom. The molecule has 0 aromatic heterocycles. The van der Waals surface area contributed by atoms with E-state index in [-0.39, 0.29) is 31.3 Å². The molecule has 0 aliphatic heterocycles. The minimum absolute atomic E-state index is 0.0353. The van der Waals surface area contributed by atoms with Crippen LogP contribution in [0.4, 0.5) is 0 Å². The van der Waals surface area contributed by atoms with Crippen molar-refractivity contribution in [3.63, 3.8) is 0 Å². The lowest BCUT2D eigenvalue weighted by Crippen LogP contribution is -2.47. The van der Waals surface area contributed by atoms with Crippen LogP contribution in [0.2, 0.25) is 0 Å². The number of hydrogen-bond acceptors (Lipinski definition) is 7. The summed E-state index contributed by atoms with van der Waals surface area (Å²) in [7, 11) is 1.14. The number of nitrogens with zero attached hydrogens (tertiary/aromatic N) is 1. The van der Waals surface area contributed by atoms with Gasteiger partial charge in [0.2, 0.25) is 5.91 Å². The Morgan fingerprint density at radius 1 is 0.468 bits per heavy atom. The number of quaternary nitrogens is 1. The van der Waals surface area contributed by atoms with Crippen molar-refractivity contribution in [1.82, 2.24) is 5.32 Å². The lowest BCUT2D eigenvalue weighted by molar-refractivity contribution is -0.870. The highest BCUT2D eigenvalue weighted by Gasteiger charge is 2.27. The molecule has 444 valence electrons. The number of carbonyl (C=O) groups is 2. The molecule has 3 unspecified atom stereocenters. The summed E-state index contributed by atoms with van der Waals surface area (Å²) in [5, 5.41) is 3.00. The molecule has 0 rings (SSSR count). The molecule has 0 aliphatic rings. The summed E-state index contributed by atoms with van der Waals surface area (Å²) in [4.78, 5) is 40.0. The fourth-order valence-corrected chi connectivity index (χ4v) is 9.36. The van der Waals surface area contributed by atoms with Crippen molar-refractivity contribution in [2.24, 2.45) is 0 Å². The topological polar surface area (TPSA) is 114 Å². The smallest absolute Gasteiger partial charge is 0.306 e. The molecule has 1 amide bonds. The lowest BCUT2D eigenvalue weighted by atomic mass is 10.0. The van der Waals surface area contributed by atoms with E-state index in [1.165, 1.54) is 128 Å². The molecule has 77 heavy (non-hydrogen) atoms.